The summed E-state index contributed by atoms with van der Waals surface area (Å²) in [6, 6.07) is 14.7. The molecule has 0 radical (unpaired) electrons. The Morgan fingerprint density at radius 3 is 2.50 bits per heavy atom. The van der Waals surface area contributed by atoms with Crippen LogP contribution in [0, 0.1) is 18.3 Å². The van der Waals surface area contributed by atoms with Crippen LogP contribution in [-0.2, 0) is 0 Å². The highest BCUT2D eigenvalue weighted by Crippen LogP contribution is 2.24. The number of phenols is 1. The summed E-state index contributed by atoms with van der Waals surface area (Å²) in [6.07, 6.45) is 1.39. The number of ketones is 1. The number of halogens is 1. The monoisotopic (exact) mass is 408 g/mol. The Kier molecular flexibility index (Phi) is 4.74. The third kappa shape index (κ3) is 3.30. The minimum Gasteiger partial charge on any atom is -0.507 e. The van der Waals surface area contributed by atoms with E-state index in [2.05, 4.69) is 15.9 Å². The number of nitriles is 1. The molecule has 128 valence electrons. The summed E-state index contributed by atoms with van der Waals surface area (Å²) < 4.78 is 1.89. The number of benzene rings is 2. The first-order valence-electron chi connectivity index (χ1n) is 7.68. The van der Waals surface area contributed by atoms with Crippen molar-refractivity contribution in [2.45, 2.75) is 6.92 Å². The molecule has 0 unspecified atom stereocenters. The molecule has 26 heavy (non-hydrogen) atoms. The highest BCUT2D eigenvalue weighted by molar-refractivity contribution is 9.10. The fourth-order valence-corrected chi connectivity index (χ4v) is 2.89. The number of carbonyl (C=O) groups is 1. The number of aromatic hydroxyl groups is 1. The van der Waals surface area contributed by atoms with Crippen LogP contribution in [0.25, 0.3) is 5.69 Å². The van der Waals surface area contributed by atoms with Crippen LogP contribution in [-0.4, -0.2) is 15.5 Å². The van der Waals surface area contributed by atoms with Crippen LogP contribution < -0.4 is 5.56 Å². The second-order valence-electron chi connectivity index (χ2n) is 5.76. The number of carbonyl (C=O) groups excluding carboxylic acids is 1. The van der Waals surface area contributed by atoms with Gasteiger partial charge in [0.1, 0.15) is 17.4 Å². The number of hydrogen-bond acceptors (Lipinski definition) is 4. The number of phenolic OH excluding ortho intramolecular Hbond substituents is 1. The van der Waals surface area contributed by atoms with Crippen LogP contribution in [0.3, 0.4) is 0 Å². The molecule has 0 aliphatic rings. The summed E-state index contributed by atoms with van der Waals surface area (Å²) in [5.74, 6) is -0.661. The number of aromatic nitrogens is 1. The van der Waals surface area contributed by atoms with Gasteiger partial charge in [-0.3, -0.25) is 14.2 Å². The third-order valence-electron chi connectivity index (χ3n) is 3.92. The lowest BCUT2D eigenvalue weighted by molar-refractivity contribution is 0.103. The summed E-state index contributed by atoms with van der Waals surface area (Å²) >= 11 is 3.26. The van der Waals surface area contributed by atoms with Gasteiger partial charge in [-0.15, -0.1) is 0 Å². The fraction of sp³-hybridized carbons (Fsp3) is 0.0500. The molecule has 1 heterocycles. The molecule has 0 saturated heterocycles. The van der Waals surface area contributed by atoms with Gasteiger partial charge in [0.15, 0.2) is 5.78 Å². The molecule has 6 heteroatoms. The quantitative estimate of drug-likeness (QED) is 0.669. The number of rotatable bonds is 3. The van der Waals surface area contributed by atoms with E-state index in [1.807, 2.05) is 25.1 Å². The van der Waals surface area contributed by atoms with E-state index >= 15 is 0 Å². The van der Waals surface area contributed by atoms with Crippen molar-refractivity contribution in [3.8, 4) is 17.5 Å². The molecule has 3 rings (SSSR count). The molecular formula is C20H13BrN2O3. The average molecular weight is 409 g/mol. The Bertz CT molecular complexity index is 1110. The maximum absolute atomic E-state index is 12.8. The molecule has 1 aromatic heterocycles. The van der Waals surface area contributed by atoms with Gasteiger partial charge in [-0.05, 0) is 43.3 Å². The minimum atomic E-state index is -0.508. The lowest BCUT2D eigenvalue weighted by atomic mass is 10.0. The predicted molar refractivity (Wildman–Crippen MR) is 101 cm³/mol. The largest absolute Gasteiger partial charge is 0.507 e. The van der Waals surface area contributed by atoms with E-state index in [1.54, 1.807) is 18.2 Å². The second kappa shape index (κ2) is 6.98. The van der Waals surface area contributed by atoms with Crippen molar-refractivity contribution in [2.75, 3.05) is 0 Å². The van der Waals surface area contributed by atoms with Crippen molar-refractivity contribution in [2.24, 2.45) is 0 Å². The van der Waals surface area contributed by atoms with Crippen molar-refractivity contribution in [1.82, 2.24) is 4.57 Å². The van der Waals surface area contributed by atoms with E-state index in [4.69, 9.17) is 0 Å². The van der Waals surface area contributed by atoms with Gasteiger partial charge in [0.2, 0.25) is 0 Å². The minimum absolute atomic E-state index is 0.0809. The summed E-state index contributed by atoms with van der Waals surface area (Å²) in [4.78, 5) is 25.3. The maximum atomic E-state index is 12.8. The zero-order valence-corrected chi connectivity index (χ0v) is 15.3. The zero-order valence-electron chi connectivity index (χ0n) is 13.7. The average Bonchev–Trinajstić information content (AvgIpc) is 2.64. The maximum Gasteiger partial charge on any atom is 0.273 e. The van der Waals surface area contributed by atoms with Gasteiger partial charge in [0.05, 0.1) is 5.56 Å². The Balaban J connectivity index is 2.20. The summed E-state index contributed by atoms with van der Waals surface area (Å²) in [5, 5.41) is 19.3. The van der Waals surface area contributed by atoms with Crippen LogP contribution in [0.5, 0.6) is 5.75 Å². The highest BCUT2D eigenvalue weighted by atomic mass is 79.9. The Labute approximate surface area is 157 Å². The summed E-state index contributed by atoms with van der Waals surface area (Å²) in [5.41, 5.74) is 1.13. The van der Waals surface area contributed by atoms with Crippen molar-refractivity contribution in [3.05, 3.63) is 91.8 Å². The first-order valence-corrected chi connectivity index (χ1v) is 8.47. The number of nitrogens with zero attached hydrogens (tertiary/aromatic N) is 2. The first kappa shape index (κ1) is 17.6. The van der Waals surface area contributed by atoms with E-state index in [0.29, 0.717) is 10.2 Å². The molecule has 0 spiro atoms. The molecule has 5 nitrogen and oxygen atoms in total. The van der Waals surface area contributed by atoms with Crippen molar-refractivity contribution < 1.29 is 9.90 Å². The van der Waals surface area contributed by atoms with Crippen LogP contribution in [0.4, 0.5) is 0 Å². The number of aryl methyl sites for hydroxylation is 1. The lowest BCUT2D eigenvalue weighted by Crippen LogP contribution is -2.22. The molecule has 2 aromatic carbocycles. The van der Waals surface area contributed by atoms with Gasteiger partial charge in [0.25, 0.3) is 5.56 Å². The molecule has 0 atom stereocenters. The topological polar surface area (TPSA) is 83.1 Å². The summed E-state index contributed by atoms with van der Waals surface area (Å²) in [6.45, 7) is 1.92. The van der Waals surface area contributed by atoms with Crippen LogP contribution in [0.2, 0.25) is 0 Å². The Morgan fingerprint density at radius 2 is 1.85 bits per heavy atom. The number of pyridine rings is 1. The van der Waals surface area contributed by atoms with E-state index < -0.39 is 11.3 Å². The Hall–Kier alpha value is -3.17. The first-order chi connectivity index (χ1) is 12.4. The van der Waals surface area contributed by atoms with E-state index in [9.17, 15) is 20.0 Å². The molecule has 0 bridgehead atoms. The van der Waals surface area contributed by atoms with Gasteiger partial charge in [-0.25, -0.2) is 0 Å². The molecular weight excluding hydrogens is 396 g/mol. The molecule has 0 aliphatic heterocycles. The van der Waals surface area contributed by atoms with E-state index in [1.165, 1.54) is 29.0 Å². The van der Waals surface area contributed by atoms with Gasteiger partial charge in [0, 0.05) is 21.9 Å². The summed E-state index contributed by atoms with van der Waals surface area (Å²) in [7, 11) is 0. The molecule has 0 fully saturated rings. The second-order valence-corrected chi connectivity index (χ2v) is 6.67. The molecule has 0 aliphatic carbocycles. The van der Waals surface area contributed by atoms with Crippen molar-refractivity contribution >= 4 is 21.7 Å². The predicted octanol–water partition coefficient (Wildman–Crippen LogP) is 3.72. The molecule has 0 amide bonds. The van der Waals surface area contributed by atoms with Crippen LogP contribution in [0.15, 0.2) is 64.0 Å². The molecule has 3 aromatic rings. The standard InChI is InChI=1S/C20H13BrN2O3/c1-12-2-5-16(6-3-12)23-11-14(8-13(10-22)20(23)26)19(25)17-9-15(21)4-7-18(17)24/h2-9,11,24H,1H3. The lowest BCUT2D eigenvalue weighted by Gasteiger charge is -2.10. The van der Waals surface area contributed by atoms with Crippen LogP contribution >= 0.6 is 15.9 Å². The van der Waals surface area contributed by atoms with E-state index in [-0.39, 0.29) is 22.4 Å². The van der Waals surface area contributed by atoms with Gasteiger partial charge < -0.3 is 5.11 Å². The molecule has 1 N–H and O–H groups in total. The zero-order chi connectivity index (χ0) is 18.8. The molecule has 0 saturated carbocycles. The van der Waals surface area contributed by atoms with Crippen LogP contribution in [0.1, 0.15) is 27.0 Å². The van der Waals surface area contributed by atoms with Gasteiger partial charge >= 0.3 is 0 Å². The fourth-order valence-electron chi connectivity index (χ4n) is 2.53. The smallest absolute Gasteiger partial charge is 0.273 e. The van der Waals surface area contributed by atoms with Gasteiger partial charge in [-0.1, -0.05) is 33.6 Å². The Morgan fingerprint density at radius 1 is 1.15 bits per heavy atom. The van der Waals surface area contributed by atoms with Crippen molar-refractivity contribution in [3.63, 3.8) is 0 Å². The van der Waals surface area contributed by atoms with Crippen molar-refractivity contribution in [1.29, 1.82) is 5.26 Å². The number of hydrogen-bond donors (Lipinski definition) is 1. The highest BCUT2D eigenvalue weighted by Gasteiger charge is 2.18. The van der Waals surface area contributed by atoms with Gasteiger partial charge in [-0.2, -0.15) is 5.26 Å². The third-order valence-corrected chi connectivity index (χ3v) is 4.41. The SMILES string of the molecule is Cc1ccc(-n2cc(C(=O)c3cc(Br)ccc3O)cc(C#N)c2=O)cc1. The van der Waals surface area contributed by atoms with E-state index in [0.717, 1.165) is 5.56 Å². The normalized spacial score (nSPS) is 10.3.